The van der Waals surface area contributed by atoms with E-state index in [-0.39, 0.29) is 17.9 Å². The smallest absolute Gasteiger partial charge is 0.331 e. The molecule has 0 radical (unpaired) electrons. The highest BCUT2D eigenvalue weighted by molar-refractivity contribution is 6.32. The highest BCUT2D eigenvalue weighted by Crippen LogP contribution is 2.36. The summed E-state index contributed by atoms with van der Waals surface area (Å²) in [7, 11) is 1.51. The molecule has 0 saturated heterocycles. The fraction of sp³-hybridized carbons (Fsp3) is 0.421. The van der Waals surface area contributed by atoms with E-state index < -0.39 is 5.97 Å². The molecule has 1 aromatic heterocycles. The van der Waals surface area contributed by atoms with Gasteiger partial charge < -0.3 is 18.7 Å². The standard InChI is InChI=1S/C19H23ClN2O5/c1-6-25-14-10-12(9-13(20)17(14)24-5)7-8-16(23)26-11-15-21-18(22-27-15)19(2,3)4/h7-10H,6,11H2,1-5H3/b8-7+. The van der Waals surface area contributed by atoms with Gasteiger partial charge >= 0.3 is 5.97 Å². The van der Waals surface area contributed by atoms with Gasteiger partial charge in [0.1, 0.15) is 0 Å². The number of halogens is 1. The minimum absolute atomic E-state index is 0.0974. The Balaban J connectivity index is 2.01. The molecule has 1 heterocycles. The van der Waals surface area contributed by atoms with E-state index in [0.29, 0.717) is 34.5 Å². The molecule has 7 nitrogen and oxygen atoms in total. The van der Waals surface area contributed by atoms with Crippen molar-refractivity contribution >= 4 is 23.6 Å². The van der Waals surface area contributed by atoms with Crippen LogP contribution in [0.1, 0.15) is 45.0 Å². The van der Waals surface area contributed by atoms with Crippen molar-refractivity contribution in [2.75, 3.05) is 13.7 Å². The van der Waals surface area contributed by atoms with E-state index in [1.165, 1.54) is 13.2 Å². The first-order chi connectivity index (χ1) is 12.7. The Labute approximate surface area is 163 Å². The molecule has 0 aliphatic rings. The van der Waals surface area contributed by atoms with E-state index >= 15 is 0 Å². The molecule has 0 amide bonds. The Bertz CT molecular complexity index is 824. The fourth-order valence-electron chi connectivity index (χ4n) is 2.11. The summed E-state index contributed by atoms with van der Waals surface area (Å²) in [6.45, 7) is 8.12. The predicted molar refractivity (Wildman–Crippen MR) is 101 cm³/mol. The molecule has 0 unspecified atom stereocenters. The second-order valence-corrected chi connectivity index (χ2v) is 7.08. The van der Waals surface area contributed by atoms with E-state index in [0.717, 1.165) is 0 Å². The summed E-state index contributed by atoms with van der Waals surface area (Å²) >= 11 is 6.18. The molecule has 1 aromatic carbocycles. The van der Waals surface area contributed by atoms with Crippen molar-refractivity contribution in [3.05, 3.63) is 40.5 Å². The van der Waals surface area contributed by atoms with Gasteiger partial charge in [-0.3, -0.25) is 0 Å². The van der Waals surface area contributed by atoms with E-state index in [2.05, 4.69) is 10.1 Å². The summed E-state index contributed by atoms with van der Waals surface area (Å²) in [5.74, 6) is 1.20. The summed E-state index contributed by atoms with van der Waals surface area (Å²) in [6.07, 6.45) is 2.86. The predicted octanol–water partition coefficient (Wildman–Crippen LogP) is 4.18. The van der Waals surface area contributed by atoms with E-state index in [4.69, 9.17) is 30.3 Å². The molecule has 0 atom stereocenters. The Kier molecular flexibility index (Phi) is 6.85. The summed E-state index contributed by atoms with van der Waals surface area (Å²) < 4.78 is 20.9. The van der Waals surface area contributed by atoms with E-state index in [1.807, 2.05) is 27.7 Å². The summed E-state index contributed by atoms with van der Waals surface area (Å²) in [6, 6.07) is 3.39. The third-order valence-electron chi connectivity index (χ3n) is 3.42. The number of carbonyl (C=O) groups is 1. The third-order valence-corrected chi connectivity index (χ3v) is 3.71. The minimum Gasteiger partial charge on any atom is -0.491 e. The van der Waals surface area contributed by atoms with Crippen LogP contribution >= 0.6 is 11.6 Å². The number of methoxy groups -OCH3 is 1. The SMILES string of the molecule is CCOc1cc(/C=C/C(=O)OCc2nc(C(C)(C)C)no2)cc(Cl)c1OC. The second-order valence-electron chi connectivity index (χ2n) is 6.67. The molecule has 27 heavy (non-hydrogen) atoms. The molecule has 0 aliphatic heterocycles. The van der Waals surface area contributed by atoms with Gasteiger partial charge in [0, 0.05) is 11.5 Å². The topological polar surface area (TPSA) is 83.7 Å². The number of hydrogen-bond donors (Lipinski definition) is 0. The van der Waals surface area contributed by atoms with Gasteiger partial charge in [0.05, 0.1) is 18.7 Å². The quantitative estimate of drug-likeness (QED) is 0.514. The van der Waals surface area contributed by atoms with Crippen LogP contribution in [0.3, 0.4) is 0 Å². The van der Waals surface area contributed by atoms with Crippen LogP contribution in [0, 0.1) is 0 Å². The maximum atomic E-state index is 11.9. The number of ether oxygens (including phenoxy) is 3. The average Bonchev–Trinajstić information content (AvgIpc) is 3.08. The summed E-state index contributed by atoms with van der Waals surface area (Å²) in [5, 5.41) is 4.26. The molecule has 2 rings (SSSR count). The third kappa shape index (κ3) is 5.72. The summed E-state index contributed by atoms with van der Waals surface area (Å²) in [5.41, 5.74) is 0.436. The number of hydrogen-bond acceptors (Lipinski definition) is 7. The molecular weight excluding hydrogens is 372 g/mol. The normalized spacial score (nSPS) is 11.6. The number of carbonyl (C=O) groups excluding carboxylic acids is 1. The van der Waals surface area contributed by atoms with Gasteiger partial charge in [-0.25, -0.2) is 4.79 Å². The molecule has 0 bridgehead atoms. The molecule has 0 fully saturated rings. The van der Waals surface area contributed by atoms with Gasteiger partial charge in [-0.2, -0.15) is 4.98 Å². The first kappa shape index (κ1) is 20.8. The van der Waals surface area contributed by atoms with Crippen molar-refractivity contribution in [3.63, 3.8) is 0 Å². The van der Waals surface area contributed by atoms with Crippen molar-refractivity contribution in [1.29, 1.82) is 0 Å². The fourth-order valence-corrected chi connectivity index (χ4v) is 2.40. The van der Waals surface area contributed by atoms with Crippen molar-refractivity contribution < 1.29 is 23.5 Å². The van der Waals surface area contributed by atoms with E-state index in [9.17, 15) is 4.79 Å². The maximum absolute atomic E-state index is 11.9. The number of nitrogens with zero attached hydrogens (tertiary/aromatic N) is 2. The van der Waals surface area contributed by atoms with Crippen LogP contribution in [0.25, 0.3) is 6.08 Å². The molecule has 146 valence electrons. The van der Waals surface area contributed by atoms with Gasteiger partial charge in [-0.05, 0) is 30.7 Å². The van der Waals surface area contributed by atoms with Gasteiger partial charge in [0.25, 0.3) is 5.89 Å². The molecule has 0 spiro atoms. The van der Waals surface area contributed by atoms with Crippen molar-refractivity contribution in [1.82, 2.24) is 10.1 Å². The van der Waals surface area contributed by atoms with Crippen LogP contribution in [0.15, 0.2) is 22.7 Å². The number of aromatic nitrogens is 2. The van der Waals surface area contributed by atoms with Crippen molar-refractivity contribution in [2.24, 2.45) is 0 Å². The first-order valence-electron chi connectivity index (χ1n) is 8.42. The Morgan fingerprint density at radius 1 is 1.33 bits per heavy atom. The van der Waals surface area contributed by atoms with Crippen LogP contribution in [0.4, 0.5) is 0 Å². The number of esters is 1. The second kappa shape index (κ2) is 8.90. The minimum atomic E-state index is -0.546. The van der Waals surface area contributed by atoms with E-state index in [1.54, 1.807) is 18.2 Å². The zero-order valence-corrected chi connectivity index (χ0v) is 16.8. The van der Waals surface area contributed by atoms with Gasteiger partial charge in [-0.15, -0.1) is 0 Å². The van der Waals surface area contributed by atoms with Gasteiger partial charge in [-0.1, -0.05) is 37.5 Å². The molecule has 8 heteroatoms. The van der Waals surface area contributed by atoms with Crippen molar-refractivity contribution in [2.45, 2.75) is 39.7 Å². The monoisotopic (exact) mass is 394 g/mol. The van der Waals surface area contributed by atoms with Crippen LogP contribution in [-0.2, 0) is 21.6 Å². The summed E-state index contributed by atoms with van der Waals surface area (Å²) in [4.78, 5) is 16.1. The number of rotatable bonds is 7. The zero-order chi connectivity index (χ0) is 20.0. The largest absolute Gasteiger partial charge is 0.491 e. The zero-order valence-electron chi connectivity index (χ0n) is 16.0. The highest BCUT2D eigenvalue weighted by atomic mass is 35.5. The Morgan fingerprint density at radius 3 is 2.67 bits per heavy atom. The highest BCUT2D eigenvalue weighted by Gasteiger charge is 2.21. The van der Waals surface area contributed by atoms with Crippen LogP contribution in [0.5, 0.6) is 11.5 Å². The van der Waals surface area contributed by atoms with Gasteiger partial charge in [0.2, 0.25) is 0 Å². The lowest BCUT2D eigenvalue weighted by atomic mass is 9.96. The van der Waals surface area contributed by atoms with Gasteiger partial charge in [0.15, 0.2) is 23.9 Å². The molecular formula is C19H23ClN2O5. The molecule has 0 saturated carbocycles. The lowest BCUT2D eigenvalue weighted by Gasteiger charge is -2.11. The lowest BCUT2D eigenvalue weighted by molar-refractivity contribution is -0.139. The molecule has 0 N–H and O–H groups in total. The molecule has 0 aliphatic carbocycles. The Hall–Kier alpha value is -2.54. The van der Waals surface area contributed by atoms with Crippen LogP contribution < -0.4 is 9.47 Å². The number of benzene rings is 1. The molecule has 2 aromatic rings. The lowest BCUT2D eigenvalue weighted by Crippen LogP contribution is -2.13. The van der Waals surface area contributed by atoms with Crippen LogP contribution in [0.2, 0.25) is 5.02 Å². The van der Waals surface area contributed by atoms with Crippen molar-refractivity contribution in [3.8, 4) is 11.5 Å². The van der Waals surface area contributed by atoms with Crippen LogP contribution in [-0.4, -0.2) is 29.8 Å². The average molecular weight is 395 g/mol. The maximum Gasteiger partial charge on any atom is 0.331 e. The first-order valence-corrected chi connectivity index (χ1v) is 8.80. The Morgan fingerprint density at radius 2 is 2.07 bits per heavy atom.